The molecule has 2 N–H and O–H groups in total. The van der Waals surface area contributed by atoms with Crippen molar-refractivity contribution < 1.29 is 9.53 Å². The Kier molecular flexibility index (Phi) is 5.86. The minimum absolute atomic E-state index is 0.0794. The summed E-state index contributed by atoms with van der Waals surface area (Å²) in [5.74, 6) is 0.779. The molecule has 1 aromatic carbocycles. The summed E-state index contributed by atoms with van der Waals surface area (Å²) < 4.78 is 5.59. The fourth-order valence-electron chi connectivity index (χ4n) is 1.93. The Morgan fingerprint density at radius 1 is 1.39 bits per heavy atom. The van der Waals surface area contributed by atoms with Crippen LogP contribution in [0, 0.1) is 5.92 Å². The van der Waals surface area contributed by atoms with Crippen LogP contribution in [-0.4, -0.2) is 18.4 Å². The molecule has 0 aliphatic heterocycles. The Balaban J connectivity index is 2.84. The Bertz CT molecular complexity index is 388. The van der Waals surface area contributed by atoms with Gasteiger partial charge in [-0.05, 0) is 32.4 Å². The molecule has 3 nitrogen and oxygen atoms in total. The zero-order valence-electron chi connectivity index (χ0n) is 11.5. The summed E-state index contributed by atoms with van der Waals surface area (Å²) in [7, 11) is 0. The lowest BCUT2D eigenvalue weighted by Gasteiger charge is -2.14. The number of nitrogens with two attached hydrogens (primary N) is 1. The molecule has 100 valence electrons. The van der Waals surface area contributed by atoms with Gasteiger partial charge in [-0.3, -0.25) is 4.79 Å². The maximum absolute atomic E-state index is 12.3. The second kappa shape index (κ2) is 7.17. The first kappa shape index (κ1) is 14.7. The van der Waals surface area contributed by atoms with E-state index in [1.807, 2.05) is 32.0 Å². The van der Waals surface area contributed by atoms with Crippen LogP contribution in [0.1, 0.15) is 44.0 Å². The number of Topliss-reactive ketones (excluding diaryl/α,β-unsaturated/α-hetero) is 1. The van der Waals surface area contributed by atoms with E-state index in [9.17, 15) is 4.79 Å². The van der Waals surface area contributed by atoms with E-state index in [4.69, 9.17) is 10.5 Å². The standard InChI is InChI=1S/C15H23NO2/c1-4-6-13(10-16)15(17)12-7-5-8-14(9-12)18-11(2)3/h5,7-9,11,13H,4,6,10,16H2,1-3H3. The molecule has 3 heteroatoms. The van der Waals surface area contributed by atoms with Crippen molar-refractivity contribution in [2.75, 3.05) is 6.54 Å². The molecule has 0 amide bonds. The molecule has 0 aliphatic rings. The molecule has 0 radical (unpaired) electrons. The maximum atomic E-state index is 12.3. The fraction of sp³-hybridized carbons (Fsp3) is 0.533. The highest BCUT2D eigenvalue weighted by atomic mass is 16.5. The van der Waals surface area contributed by atoms with E-state index in [0.717, 1.165) is 18.6 Å². The van der Waals surface area contributed by atoms with E-state index in [-0.39, 0.29) is 17.8 Å². The van der Waals surface area contributed by atoms with Gasteiger partial charge in [0.1, 0.15) is 5.75 Å². The van der Waals surface area contributed by atoms with Crippen molar-refractivity contribution in [1.82, 2.24) is 0 Å². The van der Waals surface area contributed by atoms with Crippen LogP contribution < -0.4 is 10.5 Å². The van der Waals surface area contributed by atoms with E-state index in [1.54, 1.807) is 6.07 Å². The van der Waals surface area contributed by atoms with Crippen molar-refractivity contribution in [2.45, 2.75) is 39.7 Å². The summed E-state index contributed by atoms with van der Waals surface area (Å²) >= 11 is 0. The number of benzene rings is 1. The fourth-order valence-corrected chi connectivity index (χ4v) is 1.93. The summed E-state index contributed by atoms with van der Waals surface area (Å²) in [4.78, 5) is 12.3. The maximum Gasteiger partial charge on any atom is 0.167 e. The average molecular weight is 249 g/mol. The minimum atomic E-state index is -0.0794. The van der Waals surface area contributed by atoms with E-state index < -0.39 is 0 Å². The Morgan fingerprint density at radius 3 is 2.67 bits per heavy atom. The predicted octanol–water partition coefficient (Wildman–Crippen LogP) is 3.03. The Labute approximate surface area is 109 Å². The topological polar surface area (TPSA) is 52.3 Å². The molecule has 0 heterocycles. The molecular weight excluding hydrogens is 226 g/mol. The summed E-state index contributed by atoms with van der Waals surface area (Å²) in [6.45, 7) is 6.40. The largest absolute Gasteiger partial charge is 0.491 e. The molecule has 0 aromatic heterocycles. The third-order valence-electron chi connectivity index (χ3n) is 2.78. The van der Waals surface area contributed by atoms with Gasteiger partial charge in [-0.2, -0.15) is 0 Å². The van der Waals surface area contributed by atoms with Gasteiger partial charge >= 0.3 is 0 Å². The molecule has 0 bridgehead atoms. The smallest absolute Gasteiger partial charge is 0.167 e. The minimum Gasteiger partial charge on any atom is -0.491 e. The molecule has 0 spiro atoms. The second-order valence-electron chi connectivity index (χ2n) is 4.78. The van der Waals surface area contributed by atoms with Crippen LogP contribution in [0.2, 0.25) is 0 Å². The molecule has 18 heavy (non-hydrogen) atoms. The number of carbonyl (C=O) groups is 1. The molecule has 0 saturated carbocycles. The van der Waals surface area contributed by atoms with Crippen molar-refractivity contribution in [3.05, 3.63) is 29.8 Å². The predicted molar refractivity (Wildman–Crippen MR) is 74.0 cm³/mol. The summed E-state index contributed by atoms with van der Waals surface area (Å²) in [6, 6.07) is 7.35. The second-order valence-corrected chi connectivity index (χ2v) is 4.78. The third-order valence-corrected chi connectivity index (χ3v) is 2.78. The van der Waals surface area contributed by atoms with Crippen LogP contribution in [0.4, 0.5) is 0 Å². The normalized spacial score (nSPS) is 12.5. The number of hydrogen-bond acceptors (Lipinski definition) is 3. The van der Waals surface area contributed by atoms with Crippen LogP contribution in [-0.2, 0) is 0 Å². The van der Waals surface area contributed by atoms with E-state index in [0.29, 0.717) is 12.1 Å². The molecular formula is C15H23NO2. The van der Waals surface area contributed by atoms with Gasteiger partial charge in [0, 0.05) is 18.0 Å². The number of ether oxygens (including phenoxy) is 1. The zero-order valence-corrected chi connectivity index (χ0v) is 11.5. The monoisotopic (exact) mass is 249 g/mol. The molecule has 1 unspecified atom stereocenters. The highest BCUT2D eigenvalue weighted by Gasteiger charge is 2.18. The zero-order chi connectivity index (χ0) is 13.5. The lowest BCUT2D eigenvalue weighted by atomic mass is 9.93. The SMILES string of the molecule is CCCC(CN)C(=O)c1cccc(OC(C)C)c1. The molecule has 0 saturated heterocycles. The first-order valence-corrected chi connectivity index (χ1v) is 6.59. The molecule has 0 fully saturated rings. The number of carbonyl (C=O) groups excluding carboxylic acids is 1. The highest BCUT2D eigenvalue weighted by molar-refractivity contribution is 5.98. The van der Waals surface area contributed by atoms with Crippen LogP contribution in [0.5, 0.6) is 5.75 Å². The van der Waals surface area contributed by atoms with Crippen molar-refractivity contribution in [3.63, 3.8) is 0 Å². The van der Waals surface area contributed by atoms with Crippen LogP contribution >= 0.6 is 0 Å². The molecule has 1 aromatic rings. The van der Waals surface area contributed by atoms with Gasteiger partial charge in [-0.1, -0.05) is 25.5 Å². The lowest BCUT2D eigenvalue weighted by molar-refractivity contribution is 0.0916. The summed E-state index contributed by atoms with van der Waals surface area (Å²) in [5, 5.41) is 0. The molecule has 1 rings (SSSR count). The molecule has 0 aliphatic carbocycles. The lowest BCUT2D eigenvalue weighted by Crippen LogP contribution is -2.23. The van der Waals surface area contributed by atoms with Gasteiger partial charge in [0.2, 0.25) is 0 Å². The molecule has 1 atom stereocenters. The summed E-state index contributed by atoms with van der Waals surface area (Å²) in [6.07, 6.45) is 1.91. The third kappa shape index (κ3) is 4.15. The van der Waals surface area contributed by atoms with Gasteiger partial charge in [-0.15, -0.1) is 0 Å². The van der Waals surface area contributed by atoms with Crippen molar-refractivity contribution in [2.24, 2.45) is 11.7 Å². The van der Waals surface area contributed by atoms with E-state index in [2.05, 4.69) is 6.92 Å². The average Bonchev–Trinajstić information content (AvgIpc) is 2.34. The number of rotatable bonds is 7. The van der Waals surface area contributed by atoms with Gasteiger partial charge in [0.25, 0.3) is 0 Å². The van der Waals surface area contributed by atoms with Crippen molar-refractivity contribution >= 4 is 5.78 Å². The van der Waals surface area contributed by atoms with E-state index >= 15 is 0 Å². The Morgan fingerprint density at radius 2 is 2.11 bits per heavy atom. The van der Waals surface area contributed by atoms with Gasteiger partial charge in [0.05, 0.1) is 6.10 Å². The van der Waals surface area contributed by atoms with Gasteiger partial charge in [-0.25, -0.2) is 0 Å². The van der Waals surface area contributed by atoms with E-state index in [1.165, 1.54) is 0 Å². The Hall–Kier alpha value is -1.35. The van der Waals surface area contributed by atoms with Gasteiger partial charge in [0.15, 0.2) is 5.78 Å². The van der Waals surface area contributed by atoms with Crippen LogP contribution in [0.25, 0.3) is 0 Å². The van der Waals surface area contributed by atoms with Crippen molar-refractivity contribution in [3.8, 4) is 5.75 Å². The highest BCUT2D eigenvalue weighted by Crippen LogP contribution is 2.19. The number of ketones is 1. The summed E-state index contributed by atoms with van der Waals surface area (Å²) in [5.41, 5.74) is 6.36. The number of hydrogen-bond donors (Lipinski definition) is 1. The first-order chi connectivity index (χ1) is 8.58. The van der Waals surface area contributed by atoms with Crippen LogP contribution in [0.3, 0.4) is 0 Å². The quantitative estimate of drug-likeness (QED) is 0.756. The van der Waals surface area contributed by atoms with Crippen molar-refractivity contribution in [1.29, 1.82) is 0 Å². The van der Waals surface area contributed by atoms with Gasteiger partial charge < -0.3 is 10.5 Å². The first-order valence-electron chi connectivity index (χ1n) is 6.59. The van der Waals surface area contributed by atoms with Crippen LogP contribution in [0.15, 0.2) is 24.3 Å².